The van der Waals surface area contributed by atoms with Crippen molar-refractivity contribution in [2.75, 3.05) is 0 Å². The number of carbonyl (C=O) groups excluding carboxylic acids is 1. The molecule has 15 heavy (non-hydrogen) atoms. The molecular formula is C13H22O2. The Morgan fingerprint density at radius 2 is 1.80 bits per heavy atom. The van der Waals surface area contributed by atoms with Gasteiger partial charge in [-0.15, -0.1) is 0 Å². The van der Waals surface area contributed by atoms with Crippen LogP contribution in [0.25, 0.3) is 0 Å². The summed E-state index contributed by atoms with van der Waals surface area (Å²) >= 11 is 0. The lowest BCUT2D eigenvalue weighted by Crippen LogP contribution is -2.58. The molecular weight excluding hydrogens is 188 g/mol. The Morgan fingerprint density at radius 1 is 1.20 bits per heavy atom. The molecule has 2 nitrogen and oxygen atoms in total. The first-order valence-electron chi connectivity index (χ1n) is 6.15. The van der Waals surface area contributed by atoms with Crippen molar-refractivity contribution in [3.63, 3.8) is 0 Å². The molecule has 0 saturated heterocycles. The fourth-order valence-electron chi connectivity index (χ4n) is 2.98. The zero-order valence-corrected chi connectivity index (χ0v) is 10.1. The molecule has 2 saturated carbocycles. The minimum Gasteiger partial charge on any atom is -0.371 e. The summed E-state index contributed by atoms with van der Waals surface area (Å²) in [5.41, 5.74) is -0.193. The van der Waals surface area contributed by atoms with Crippen molar-refractivity contribution in [3.8, 4) is 0 Å². The standard InChI is InChI=1S/C13H22O2/c1-12(2,3)15-11-9-10(14)13(11)7-5-4-6-8-13/h11H,4-9H2,1-3H3. The van der Waals surface area contributed by atoms with Crippen molar-refractivity contribution in [1.82, 2.24) is 0 Å². The number of carbonyl (C=O) groups is 1. The Labute approximate surface area is 92.4 Å². The molecule has 2 heteroatoms. The van der Waals surface area contributed by atoms with Gasteiger partial charge in [-0.3, -0.25) is 4.79 Å². The maximum absolute atomic E-state index is 11.8. The van der Waals surface area contributed by atoms with Crippen LogP contribution < -0.4 is 0 Å². The van der Waals surface area contributed by atoms with Crippen LogP contribution in [0.3, 0.4) is 0 Å². The predicted octanol–water partition coefficient (Wildman–Crippen LogP) is 3.09. The van der Waals surface area contributed by atoms with Crippen LogP contribution in [0, 0.1) is 5.41 Å². The molecule has 0 heterocycles. The fraction of sp³-hybridized carbons (Fsp3) is 0.923. The Hall–Kier alpha value is -0.370. The van der Waals surface area contributed by atoms with E-state index < -0.39 is 0 Å². The van der Waals surface area contributed by atoms with Gasteiger partial charge in [0.1, 0.15) is 5.78 Å². The molecule has 1 unspecified atom stereocenters. The molecule has 1 atom stereocenters. The van der Waals surface area contributed by atoms with Gasteiger partial charge in [0.25, 0.3) is 0 Å². The molecule has 0 N–H and O–H groups in total. The minimum atomic E-state index is -0.115. The molecule has 0 aromatic rings. The van der Waals surface area contributed by atoms with Gasteiger partial charge in [-0.05, 0) is 33.6 Å². The number of hydrogen-bond donors (Lipinski definition) is 0. The fourth-order valence-corrected chi connectivity index (χ4v) is 2.98. The van der Waals surface area contributed by atoms with Gasteiger partial charge in [-0.1, -0.05) is 19.3 Å². The number of ketones is 1. The second-order valence-corrected chi connectivity index (χ2v) is 6.06. The lowest BCUT2D eigenvalue weighted by molar-refractivity contribution is -0.188. The number of hydrogen-bond acceptors (Lipinski definition) is 2. The highest BCUT2D eigenvalue weighted by molar-refractivity contribution is 5.92. The van der Waals surface area contributed by atoms with Crippen molar-refractivity contribution in [3.05, 3.63) is 0 Å². The smallest absolute Gasteiger partial charge is 0.144 e. The van der Waals surface area contributed by atoms with Gasteiger partial charge in [0, 0.05) is 6.42 Å². The highest BCUT2D eigenvalue weighted by Crippen LogP contribution is 2.51. The van der Waals surface area contributed by atoms with Gasteiger partial charge in [-0.25, -0.2) is 0 Å². The average molecular weight is 210 g/mol. The van der Waals surface area contributed by atoms with E-state index >= 15 is 0 Å². The Bertz CT molecular complexity index is 256. The van der Waals surface area contributed by atoms with E-state index in [1.54, 1.807) is 0 Å². The Balaban J connectivity index is 2.05. The van der Waals surface area contributed by atoms with E-state index in [-0.39, 0.29) is 17.1 Å². The summed E-state index contributed by atoms with van der Waals surface area (Å²) in [5, 5.41) is 0. The van der Waals surface area contributed by atoms with E-state index in [0.29, 0.717) is 12.2 Å². The first-order valence-corrected chi connectivity index (χ1v) is 6.15. The third kappa shape index (κ3) is 1.96. The summed E-state index contributed by atoms with van der Waals surface area (Å²) in [6.07, 6.45) is 6.67. The molecule has 0 bridgehead atoms. The number of Topliss-reactive ketones (excluding diaryl/α,β-unsaturated/α-hetero) is 1. The highest BCUT2D eigenvalue weighted by atomic mass is 16.5. The van der Waals surface area contributed by atoms with Crippen LogP contribution in [-0.4, -0.2) is 17.5 Å². The van der Waals surface area contributed by atoms with Gasteiger partial charge in [0.2, 0.25) is 0 Å². The van der Waals surface area contributed by atoms with Crippen LogP contribution in [-0.2, 0) is 9.53 Å². The first kappa shape index (κ1) is 11.1. The van der Waals surface area contributed by atoms with Gasteiger partial charge in [0.05, 0.1) is 17.1 Å². The van der Waals surface area contributed by atoms with Crippen LogP contribution in [0.15, 0.2) is 0 Å². The van der Waals surface area contributed by atoms with Crippen molar-refractivity contribution in [2.24, 2.45) is 5.41 Å². The zero-order valence-electron chi connectivity index (χ0n) is 10.1. The molecule has 2 fully saturated rings. The van der Waals surface area contributed by atoms with E-state index in [1.807, 2.05) is 0 Å². The maximum Gasteiger partial charge on any atom is 0.144 e. The van der Waals surface area contributed by atoms with Gasteiger partial charge >= 0.3 is 0 Å². The number of ether oxygens (including phenoxy) is 1. The van der Waals surface area contributed by atoms with Crippen molar-refractivity contribution in [1.29, 1.82) is 0 Å². The van der Waals surface area contributed by atoms with Crippen LogP contribution >= 0.6 is 0 Å². The zero-order chi connectivity index (χ0) is 11.1. The normalized spacial score (nSPS) is 30.3. The lowest BCUT2D eigenvalue weighted by Gasteiger charge is -2.51. The summed E-state index contributed by atoms with van der Waals surface area (Å²) in [7, 11) is 0. The topological polar surface area (TPSA) is 26.3 Å². The van der Waals surface area contributed by atoms with Gasteiger partial charge < -0.3 is 4.74 Å². The second kappa shape index (κ2) is 3.58. The van der Waals surface area contributed by atoms with Crippen LogP contribution in [0.1, 0.15) is 59.3 Å². The van der Waals surface area contributed by atoms with Gasteiger partial charge in [0.15, 0.2) is 0 Å². The highest BCUT2D eigenvalue weighted by Gasteiger charge is 2.56. The molecule has 0 amide bonds. The molecule has 86 valence electrons. The summed E-state index contributed by atoms with van der Waals surface area (Å²) in [6.45, 7) is 6.23. The molecule has 2 aliphatic carbocycles. The van der Waals surface area contributed by atoms with E-state index in [0.717, 1.165) is 12.8 Å². The molecule has 0 aliphatic heterocycles. The summed E-state index contributed by atoms with van der Waals surface area (Å²) < 4.78 is 6.02. The largest absolute Gasteiger partial charge is 0.371 e. The van der Waals surface area contributed by atoms with E-state index in [9.17, 15) is 4.79 Å². The third-order valence-electron chi connectivity index (χ3n) is 3.78. The molecule has 2 aliphatic rings. The molecule has 0 aromatic carbocycles. The predicted molar refractivity (Wildman–Crippen MR) is 59.8 cm³/mol. The van der Waals surface area contributed by atoms with Crippen molar-refractivity contribution >= 4 is 5.78 Å². The maximum atomic E-state index is 11.8. The lowest BCUT2D eigenvalue weighted by atomic mass is 9.57. The van der Waals surface area contributed by atoms with Crippen LogP contribution in [0.5, 0.6) is 0 Å². The Morgan fingerprint density at radius 3 is 2.27 bits per heavy atom. The second-order valence-electron chi connectivity index (χ2n) is 6.06. The van der Waals surface area contributed by atoms with E-state index in [4.69, 9.17) is 4.74 Å². The SMILES string of the molecule is CC(C)(C)OC1CC(=O)C12CCCCC2. The van der Waals surface area contributed by atoms with E-state index in [1.165, 1.54) is 19.3 Å². The van der Waals surface area contributed by atoms with Gasteiger partial charge in [-0.2, -0.15) is 0 Å². The molecule has 0 aromatic heterocycles. The molecule has 0 radical (unpaired) electrons. The summed E-state index contributed by atoms with van der Waals surface area (Å²) in [6, 6.07) is 0. The monoisotopic (exact) mass is 210 g/mol. The quantitative estimate of drug-likeness (QED) is 0.664. The summed E-state index contributed by atoms with van der Waals surface area (Å²) in [4.78, 5) is 11.8. The minimum absolute atomic E-state index is 0.0778. The molecule has 2 rings (SSSR count). The summed E-state index contributed by atoms with van der Waals surface area (Å²) in [5.74, 6) is 0.455. The van der Waals surface area contributed by atoms with Crippen LogP contribution in [0.4, 0.5) is 0 Å². The average Bonchev–Trinajstić information content (AvgIpc) is 2.17. The Kier molecular flexibility index (Phi) is 2.66. The van der Waals surface area contributed by atoms with Crippen molar-refractivity contribution < 1.29 is 9.53 Å². The van der Waals surface area contributed by atoms with E-state index in [2.05, 4.69) is 20.8 Å². The molecule has 1 spiro atoms. The first-order chi connectivity index (χ1) is 6.94. The van der Waals surface area contributed by atoms with Crippen molar-refractivity contribution in [2.45, 2.75) is 71.0 Å². The van der Waals surface area contributed by atoms with Crippen LogP contribution in [0.2, 0.25) is 0 Å². The third-order valence-corrected chi connectivity index (χ3v) is 3.78. The number of rotatable bonds is 1.